The lowest BCUT2D eigenvalue weighted by Gasteiger charge is -2.36. The fourth-order valence-electron chi connectivity index (χ4n) is 3.07. The van der Waals surface area contributed by atoms with Gasteiger partial charge >= 0.3 is 5.97 Å². The van der Waals surface area contributed by atoms with Crippen molar-refractivity contribution >= 4 is 11.9 Å². The minimum atomic E-state index is -0.973. The molecule has 2 aliphatic rings. The number of carbonyl (C=O) groups excluding carboxylic acids is 1. The van der Waals surface area contributed by atoms with Crippen molar-refractivity contribution in [2.75, 3.05) is 6.54 Å². The maximum absolute atomic E-state index is 11.9. The summed E-state index contributed by atoms with van der Waals surface area (Å²) in [5.74, 6) is -2.00. The number of fused-ring (bicyclic) bond motifs is 1. The molecule has 4 nitrogen and oxygen atoms in total. The van der Waals surface area contributed by atoms with Gasteiger partial charge in [0, 0.05) is 18.0 Å². The molecule has 4 heteroatoms. The number of amides is 1. The average molecular weight is 211 g/mol. The number of carboxylic acid groups (broad SMARTS) is 1. The Morgan fingerprint density at radius 3 is 2.67 bits per heavy atom. The second-order valence-corrected chi connectivity index (χ2v) is 5.14. The minimum Gasteiger partial charge on any atom is -0.481 e. The van der Waals surface area contributed by atoms with Crippen LogP contribution in [-0.2, 0) is 9.59 Å². The SMILES string of the molecule is CC1(C)C(C(=O)O)C(=O)N2CCCCC21. The van der Waals surface area contributed by atoms with Crippen LogP contribution in [-0.4, -0.2) is 34.5 Å². The van der Waals surface area contributed by atoms with E-state index in [1.807, 2.05) is 13.8 Å². The van der Waals surface area contributed by atoms with E-state index in [4.69, 9.17) is 5.11 Å². The van der Waals surface area contributed by atoms with Crippen molar-refractivity contribution in [3.8, 4) is 0 Å². The van der Waals surface area contributed by atoms with E-state index in [0.29, 0.717) is 0 Å². The molecule has 84 valence electrons. The summed E-state index contributed by atoms with van der Waals surface area (Å²) in [6, 6.07) is 0.125. The van der Waals surface area contributed by atoms with Crippen molar-refractivity contribution in [2.24, 2.45) is 11.3 Å². The summed E-state index contributed by atoms with van der Waals surface area (Å²) in [7, 11) is 0. The van der Waals surface area contributed by atoms with E-state index in [1.165, 1.54) is 0 Å². The van der Waals surface area contributed by atoms with Gasteiger partial charge < -0.3 is 10.0 Å². The molecule has 0 radical (unpaired) electrons. The van der Waals surface area contributed by atoms with Crippen LogP contribution in [0.15, 0.2) is 0 Å². The van der Waals surface area contributed by atoms with Crippen molar-refractivity contribution < 1.29 is 14.7 Å². The Labute approximate surface area is 89.3 Å². The number of carbonyl (C=O) groups is 2. The third-order valence-corrected chi connectivity index (χ3v) is 3.88. The van der Waals surface area contributed by atoms with Crippen LogP contribution in [0.3, 0.4) is 0 Å². The summed E-state index contributed by atoms with van der Waals surface area (Å²) >= 11 is 0. The highest BCUT2D eigenvalue weighted by molar-refractivity contribution is 6.00. The molecule has 2 heterocycles. The Kier molecular flexibility index (Phi) is 2.24. The van der Waals surface area contributed by atoms with Crippen molar-refractivity contribution in [2.45, 2.75) is 39.2 Å². The Morgan fingerprint density at radius 1 is 1.47 bits per heavy atom. The Hall–Kier alpha value is -1.06. The van der Waals surface area contributed by atoms with Crippen LogP contribution in [0.2, 0.25) is 0 Å². The van der Waals surface area contributed by atoms with E-state index in [9.17, 15) is 9.59 Å². The number of hydrogen-bond acceptors (Lipinski definition) is 2. The number of hydrogen-bond donors (Lipinski definition) is 1. The highest BCUT2D eigenvalue weighted by Crippen LogP contribution is 2.45. The standard InChI is InChI=1S/C11H17NO3/c1-11(2)7-5-3-4-6-12(7)9(13)8(11)10(14)15/h7-8H,3-6H2,1-2H3,(H,14,15). The highest BCUT2D eigenvalue weighted by atomic mass is 16.4. The van der Waals surface area contributed by atoms with E-state index >= 15 is 0 Å². The van der Waals surface area contributed by atoms with Gasteiger partial charge in [-0.05, 0) is 19.3 Å². The molecule has 0 spiro atoms. The van der Waals surface area contributed by atoms with Gasteiger partial charge in [0.05, 0.1) is 0 Å². The number of aliphatic carboxylic acids is 1. The van der Waals surface area contributed by atoms with Gasteiger partial charge in [-0.1, -0.05) is 13.8 Å². The number of piperidine rings is 1. The van der Waals surface area contributed by atoms with Crippen molar-refractivity contribution in [1.29, 1.82) is 0 Å². The smallest absolute Gasteiger partial charge is 0.316 e. The largest absolute Gasteiger partial charge is 0.481 e. The quantitative estimate of drug-likeness (QED) is 0.661. The molecule has 0 aromatic rings. The van der Waals surface area contributed by atoms with Gasteiger partial charge in [0.25, 0.3) is 0 Å². The normalized spacial score (nSPS) is 34.0. The zero-order chi connectivity index (χ0) is 11.2. The molecule has 1 amide bonds. The molecule has 0 bridgehead atoms. The van der Waals surface area contributed by atoms with E-state index in [1.54, 1.807) is 4.90 Å². The molecule has 2 unspecified atom stereocenters. The van der Waals surface area contributed by atoms with E-state index in [2.05, 4.69) is 0 Å². The summed E-state index contributed by atoms with van der Waals surface area (Å²) in [5.41, 5.74) is -0.427. The Bertz CT molecular complexity index is 311. The maximum Gasteiger partial charge on any atom is 0.316 e. The lowest BCUT2D eigenvalue weighted by Crippen LogP contribution is -2.41. The summed E-state index contributed by atoms with van der Waals surface area (Å²) in [6.07, 6.45) is 3.05. The monoisotopic (exact) mass is 211 g/mol. The van der Waals surface area contributed by atoms with Gasteiger partial charge in [0.1, 0.15) is 5.92 Å². The third kappa shape index (κ3) is 1.34. The zero-order valence-electron chi connectivity index (χ0n) is 9.19. The lowest BCUT2D eigenvalue weighted by atomic mass is 9.74. The van der Waals surface area contributed by atoms with Crippen molar-refractivity contribution in [1.82, 2.24) is 4.90 Å². The third-order valence-electron chi connectivity index (χ3n) is 3.88. The average Bonchev–Trinajstić information content (AvgIpc) is 2.36. The van der Waals surface area contributed by atoms with Crippen LogP contribution in [0.1, 0.15) is 33.1 Å². The molecule has 2 atom stereocenters. The molecule has 2 saturated heterocycles. The zero-order valence-corrected chi connectivity index (χ0v) is 9.19. The van der Waals surface area contributed by atoms with Gasteiger partial charge in [-0.15, -0.1) is 0 Å². The first-order valence-corrected chi connectivity index (χ1v) is 5.49. The van der Waals surface area contributed by atoms with Gasteiger partial charge in [0.15, 0.2) is 0 Å². The molecule has 2 aliphatic heterocycles. The lowest BCUT2D eigenvalue weighted by molar-refractivity contribution is -0.150. The first-order chi connectivity index (χ1) is 6.96. The molecule has 2 fully saturated rings. The Balaban J connectivity index is 2.36. The van der Waals surface area contributed by atoms with Crippen LogP contribution in [0.25, 0.3) is 0 Å². The summed E-state index contributed by atoms with van der Waals surface area (Å²) in [6.45, 7) is 4.54. The number of rotatable bonds is 1. The number of nitrogens with zero attached hydrogens (tertiary/aromatic N) is 1. The maximum atomic E-state index is 11.9. The Morgan fingerprint density at radius 2 is 2.13 bits per heavy atom. The predicted molar refractivity (Wildman–Crippen MR) is 54.3 cm³/mol. The van der Waals surface area contributed by atoms with E-state index < -0.39 is 17.3 Å². The first-order valence-electron chi connectivity index (χ1n) is 5.49. The van der Waals surface area contributed by atoms with E-state index in [0.717, 1.165) is 25.8 Å². The molecule has 0 aliphatic carbocycles. The molecule has 0 aromatic heterocycles. The topological polar surface area (TPSA) is 57.6 Å². The van der Waals surface area contributed by atoms with E-state index in [-0.39, 0.29) is 11.9 Å². The van der Waals surface area contributed by atoms with Crippen LogP contribution < -0.4 is 0 Å². The van der Waals surface area contributed by atoms with Crippen molar-refractivity contribution in [3.63, 3.8) is 0 Å². The van der Waals surface area contributed by atoms with Gasteiger partial charge in [0.2, 0.25) is 5.91 Å². The molecular formula is C11H17NO3. The molecule has 15 heavy (non-hydrogen) atoms. The number of carboxylic acids is 1. The molecule has 1 N–H and O–H groups in total. The highest BCUT2D eigenvalue weighted by Gasteiger charge is 2.57. The molecule has 2 rings (SSSR count). The summed E-state index contributed by atoms with van der Waals surface area (Å²) < 4.78 is 0. The fraction of sp³-hybridized carbons (Fsp3) is 0.818. The van der Waals surface area contributed by atoms with Crippen LogP contribution >= 0.6 is 0 Å². The second kappa shape index (κ2) is 3.22. The van der Waals surface area contributed by atoms with Gasteiger partial charge in [-0.3, -0.25) is 9.59 Å². The van der Waals surface area contributed by atoms with Crippen LogP contribution in [0.4, 0.5) is 0 Å². The van der Waals surface area contributed by atoms with Gasteiger partial charge in [-0.2, -0.15) is 0 Å². The predicted octanol–water partition coefficient (Wildman–Crippen LogP) is 1.11. The van der Waals surface area contributed by atoms with Crippen LogP contribution in [0, 0.1) is 11.3 Å². The minimum absolute atomic E-state index is 0.125. The van der Waals surface area contributed by atoms with Crippen LogP contribution in [0.5, 0.6) is 0 Å². The summed E-state index contributed by atoms with van der Waals surface area (Å²) in [5, 5.41) is 9.12. The van der Waals surface area contributed by atoms with Crippen molar-refractivity contribution in [3.05, 3.63) is 0 Å². The molecule has 0 saturated carbocycles. The second-order valence-electron chi connectivity index (χ2n) is 5.14. The fourth-order valence-corrected chi connectivity index (χ4v) is 3.07. The van der Waals surface area contributed by atoms with Gasteiger partial charge in [-0.25, -0.2) is 0 Å². The molecular weight excluding hydrogens is 194 g/mol. The molecule has 0 aromatic carbocycles. The summed E-state index contributed by atoms with van der Waals surface area (Å²) in [4.78, 5) is 24.8. The first kappa shape index (κ1) is 10.5.